The second kappa shape index (κ2) is 8.76. The minimum Gasteiger partial charge on any atom is -0.469 e. The average Bonchev–Trinajstić information content (AvgIpc) is 3.09. The molecule has 0 aliphatic heterocycles. The zero-order valence-electron chi connectivity index (χ0n) is 20.7. The van der Waals surface area contributed by atoms with E-state index in [0.29, 0.717) is 54.3 Å². The smallest absolute Gasteiger partial charge is 0.305 e. The number of Topliss-reactive ketones (excluding diaryl/α,β-unsaturated/α-hetero) is 1. The van der Waals surface area contributed by atoms with Gasteiger partial charge in [-0.05, 0) is 97.7 Å². The van der Waals surface area contributed by atoms with Crippen LogP contribution in [0.25, 0.3) is 0 Å². The quantitative estimate of drug-likeness (QED) is 0.533. The molecule has 32 heavy (non-hydrogen) atoms. The first-order chi connectivity index (χ1) is 15.1. The van der Waals surface area contributed by atoms with Gasteiger partial charge in [-0.3, -0.25) is 14.4 Å². The van der Waals surface area contributed by atoms with Crippen LogP contribution >= 0.6 is 0 Å². The van der Waals surface area contributed by atoms with Crippen molar-refractivity contribution in [3.05, 3.63) is 0 Å². The van der Waals surface area contributed by atoms with E-state index in [1.165, 1.54) is 46.1 Å². The lowest BCUT2D eigenvalue weighted by molar-refractivity contribution is -0.170. The van der Waals surface area contributed by atoms with Gasteiger partial charge in [0.15, 0.2) is 11.9 Å². The van der Waals surface area contributed by atoms with Gasteiger partial charge in [0, 0.05) is 19.8 Å². The highest BCUT2D eigenvalue weighted by molar-refractivity contribution is 5.86. The molecule has 4 aliphatic carbocycles. The second-order valence-electron chi connectivity index (χ2n) is 12.0. The summed E-state index contributed by atoms with van der Waals surface area (Å²) in [5.74, 6) is 3.41. The van der Waals surface area contributed by atoms with Crippen molar-refractivity contribution < 1.29 is 23.9 Å². The molecule has 0 heterocycles. The summed E-state index contributed by atoms with van der Waals surface area (Å²) in [6, 6.07) is 0. The molecule has 0 aromatic rings. The molecule has 0 N–H and O–H groups in total. The number of rotatable bonds is 5. The lowest BCUT2D eigenvalue weighted by Gasteiger charge is -2.61. The summed E-state index contributed by atoms with van der Waals surface area (Å²) in [5, 5.41) is 0. The summed E-state index contributed by atoms with van der Waals surface area (Å²) >= 11 is 0. The normalized spacial score (nSPS) is 44.1. The molecule has 4 saturated carbocycles. The molecule has 0 bridgehead atoms. The molecule has 4 rings (SSSR count). The van der Waals surface area contributed by atoms with E-state index in [9.17, 15) is 14.4 Å². The molecule has 0 aromatic carbocycles. The Morgan fingerprint density at radius 2 is 1.78 bits per heavy atom. The Labute approximate surface area is 193 Å². The van der Waals surface area contributed by atoms with Crippen LogP contribution in [0.15, 0.2) is 0 Å². The number of ketones is 1. The van der Waals surface area contributed by atoms with Crippen LogP contribution in [0.1, 0.15) is 91.9 Å². The molecule has 4 aliphatic rings. The van der Waals surface area contributed by atoms with Gasteiger partial charge in [-0.15, -0.1) is 0 Å². The SMILES string of the molecule is COC(=O)CC[C@@H](C)[C@H]1CC[C@H]2[C@@H]3CC[C@@H]4C[C@H](OC(C)=O)C(=O)C[C@]4(C)[C@H]3CC[C@]12C. The van der Waals surface area contributed by atoms with E-state index in [1.807, 2.05) is 0 Å². The molecule has 0 amide bonds. The number of carbonyl (C=O) groups is 3. The molecule has 0 unspecified atom stereocenters. The maximum Gasteiger partial charge on any atom is 0.305 e. The predicted octanol–water partition coefficient (Wildman–Crippen LogP) is 5.35. The highest BCUT2D eigenvalue weighted by atomic mass is 16.5. The minimum absolute atomic E-state index is 0.0482. The van der Waals surface area contributed by atoms with Gasteiger partial charge in [-0.2, -0.15) is 0 Å². The first-order valence-corrected chi connectivity index (χ1v) is 12.9. The summed E-state index contributed by atoms with van der Waals surface area (Å²) in [4.78, 5) is 36.1. The fraction of sp³-hybridized carbons (Fsp3) is 0.889. The maximum absolute atomic E-state index is 12.9. The lowest BCUT2D eigenvalue weighted by atomic mass is 9.44. The first-order valence-electron chi connectivity index (χ1n) is 12.9. The largest absolute Gasteiger partial charge is 0.469 e. The van der Waals surface area contributed by atoms with E-state index >= 15 is 0 Å². The Bertz CT molecular complexity index is 761. The molecule has 0 saturated heterocycles. The van der Waals surface area contributed by atoms with Crippen LogP contribution in [0.2, 0.25) is 0 Å². The first kappa shape index (κ1) is 23.8. The zero-order chi connectivity index (χ0) is 23.3. The van der Waals surface area contributed by atoms with Crippen molar-refractivity contribution in [3.8, 4) is 0 Å². The van der Waals surface area contributed by atoms with E-state index in [4.69, 9.17) is 9.47 Å². The van der Waals surface area contributed by atoms with Crippen LogP contribution in [-0.4, -0.2) is 30.9 Å². The van der Waals surface area contributed by atoms with E-state index in [1.54, 1.807) is 0 Å². The molecular weight excluding hydrogens is 404 g/mol. The fourth-order valence-electron chi connectivity index (χ4n) is 9.01. The third-order valence-corrected chi connectivity index (χ3v) is 10.6. The molecular formula is C27H42O5. The van der Waals surface area contributed by atoms with Crippen molar-refractivity contribution in [2.24, 2.45) is 46.3 Å². The van der Waals surface area contributed by atoms with Crippen LogP contribution in [0.5, 0.6) is 0 Å². The summed E-state index contributed by atoms with van der Waals surface area (Å²) in [7, 11) is 1.47. The van der Waals surface area contributed by atoms with Crippen molar-refractivity contribution in [1.82, 2.24) is 0 Å². The number of ether oxygens (including phenoxy) is 2. The molecule has 0 spiro atoms. The summed E-state index contributed by atoms with van der Waals surface area (Å²) in [6.07, 6.45) is 9.58. The fourth-order valence-corrected chi connectivity index (χ4v) is 9.01. The zero-order valence-corrected chi connectivity index (χ0v) is 20.7. The standard InChI is InChI=1S/C27H42O5/c1-16(6-11-25(30)31-5)20-9-10-21-19-8-7-18-14-24(32-17(2)28)23(29)15-27(18,4)22(19)12-13-26(20,21)3/h16,18-22,24H,6-15H2,1-5H3/t16-,18-,19+,20-,21+,22+,24+,26-,27+/m1/s1. The van der Waals surface area contributed by atoms with Gasteiger partial charge in [0.25, 0.3) is 0 Å². The highest BCUT2D eigenvalue weighted by Crippen LogP contribution is 2.68. The topological polar surface area (TPSA) is 69.7 Å². The van der Waals surface area contributed by atoms with Crippen molar-refractivity contribution in [2.45, 2.75) is 98.0 Å². The van der Waals surface area contributed by atoms with Crippen LogP contribution in [0.3, 0.4) is 0 Å². The third-order valence-electron chi connectivity index (χ3n) is 10.6. The Kier molecular flexibility index (Phi) is 6.50. The molecule has 0 radical (unpaired) electrons. The summed E-state index contributed by atoms with van der Waals surface area (Å²) in [6.45, 7) is 8.63. The summed E-state index contributed by atoms with van der Waals surface area (Å²) in [5.41, 5.74) is 0.394. The lowest BCUT2D eigenvalue weighted by Crippen LogP contribution is -2.56. The Hall–Kier alpha value is -1.39. The van der Waals surface area contributed by atoms with Crippen molar-refractivity contribution >= 4 is 17.7 Å². The monoisotopic (exact) mass is 446 g/mol. The van der Waals surface area contributed by atoms with Crippen molar-refractivity contribution in [3.63, 3.8) is 0 Å². The highest BCUT2D eigenvalue weighted by Gasteiger charge is 2.61. The van der Waals surface area contributed by atoms with Gasteiger partial charge in [0.2, 0.25) is 0 Å². The maximum atomic E-state index is 12.9. The minimum atomic E-state index is -0.525. The van der Waals surface area contributed by atoms with Gasteiger partial charge >= 0.3 is 11.9 Å². The van der Waals surface area contributed by atoms with E-state index < -0.39 is 6.10 Å². The predicted molar refractivity (Wildman–Crippen MR) is 122 cm³/mol. The molecule has 180 valence electrons. The van der Waals surface area contributed by atoms with Crippen LogP contribution in [-0.2, 0) is 23.9 Å². The number of fused-ring (bicyclic) bond motifs is 5. The van der Waals surface area contributed by atoms with Gasteiger partial charge in [-0.1, -0.05) is 20.8 Å². The number of hydrogen-bond donors (Lipinski definition) is 0. The summed E-state index contributed by atoms with van der Waals surface area (Å²) < 4.78 is 10.3. The van der Waals surface area contributed by atoms with Gasteiger partial charge in [0.1, 0.15) is 0 Å². The number of carbonyl (C=O) groups excluding carboxylic acids is 3. The van der Waals surface area contributed by atoms with E-state index in [0.717, 1.165) is 18.8 Å². The number of esters is 2. The molecule has 4 fully saturated rings. The Morgan fingerprint density at radius 1 is 1.06 bits per heavy atom. The van der Waals surface area contributed by atoms with Gasteiger partial charge in [0.05, 0.1) is 7.11 Å². The average molecular weight is 447 g/mol. The van der Waals surface area contributed by atoms with Crippen LogP contribution in [0.4, 0.5) is 0 Å². The molecule has 5 heteroatoms. The van der Waals surface area contributed by atoms with Crippen molar-refractivity contribution in [2.75, 3.05) is 7.11 Å². The number of methoxy groups -OCH3 is 1. The van der Waals surface area contributed by atoms with E-state index in [2.05, 4.69) is 20.8 Å². The molecule has 5 nitrogen and oxygen atoms in total. The van der Waals surface area contributed by atoms with Gasteiger partial charge < -0.3 is 9.47 Å². The third kappa shape index (κ3) is 3.92. The Balaban J connectivity index is 1.48. The van der Waals surface area contributed by atoms with Crippen LogP contribution in [0, 0.1) is 46.3 Å². The second-order valence-corrected chi connectivity index (χ2v) is 12.0. The van der Waals surface area contributed by atoms with Crippen LogP contribution < -0.4 is 0 Å². The number of hydrogen-bond acceptors (Lipinski definition) is 5. The van der Waals surface area contributed by atoms with E-state index in [-0.39, 0.29) is 23.1 Å². The molecule has 0 aromatic heterocycles. The van der Waals surface area contributed by atoms with Crippen molar-refractivity contribution in [1.29, 1.82) is 0 Å². The molecule has 9 atom stereocenters. The Morgan fingerprint density at radius 3 is 2.47 bits per heavy atom. The van der Waals surface area contributed by atoms with Gasteiger partial charge in [-0.25, -0.2) is 0 Å².